The average molecular weight is 637 g/mol. The maximum atomic E-state index is 2.47. The van der Waals surface area contributed by atoms with Crippen LogP contribution < -0.4 is 0 Å². The maximum Gasteiger partial charge on any atom is 0.0641 e. The van der Waals surface area contributed by atoms with Crippen molar-refractivity contribution in [2.75, 3.05) is 0 Å². The Kier molecular flexibility index (Phi) is 6.53. The standard InChI is InChI=1S/C48H32N2/c1-4-13-33(14-5-1)36-23-26-39(27-24-36)50-44-22-11-10-21-41(44)42-28-30-46-47(48(42)50)43-32-38(35-17-8-3-9-18-35)25-29-45(43)49(46)40-20-12-19-37(31-40)34-15-6-2-7-16-34/h1-32H. The van der Waals surface area contributed by atoms with Crippen LogP contribution in [-0.2, 0) is 0 Å². The van der Waals surface area contributed by atoms with E-state index < -0.39 is 0 Å². The molecule has 2 heterocycles. The molecule has 0 radical (unpaired) electrons. The molecule has 234 valence electrons. The molecular formula is C48H32N2. The number of fused-ring (bicyclic) bond motifs is 7. The molecule has 0 aliphatic carbocycles. The number of rotatable bonds is 5. The molecule has 2 nitrogen and oxygen atoms in total. The molecular weight excluding hydrogens is 605 g/mol. The molecule has 0 N–H and O–H groups in total. The Balaban J connectivity index is 1.31. The Morgan fingerprint density at radius 2 is 0.780 bits per heavy atom. The van der Waals surface area contributed by atoms with Gasteiger partial charge in [0.25, 0.3) is 0 Å². The summed E-state index contributed by atoms with van der Waals surface area (Å²) in [6, 6.07) is 70.4. The van der Waals surface area contributed by atoms with Crippen LogP contribution in [0.3, 0.4) is 0 Å². The van der Waals surface area contributed by atoms with Crippen molar-refractivity contribution in [2.45, 2.75) is 0 Å². The molecule has 0 fully saturated rings. The maximum absolute atomic E-state index is 2.47. The fourth-order valence-electron chi connectivity index (χ4n) is 7.81. The van der Waals surface area contributed by atoms with Crippen LogP contribution >= 0.6 is 0 Å². The first-order valence-corrected chi connectivity index (χ1v) is 17.2. The van der Waals surface area contributed by atoms with Crippen LogP contribution in [0.1, 0.15) is 0 Å². The topological polar surface area (TPSA) is 9.86 Å². The van der Waals surface area contributed by atoms with Crippen LogP contribution in [-0.4, -0.2) is 9.13 Å². The predicted molar refractivity (Wildman–Crippen MR) is 211 cm³/mol. The van der Waals surface area contributed by atoms with E-state index in [1.54, 1.807) is 0 Å². The zero-order chi connectivity index (χ0) is 33.0. The lowest BCUT2D eigenvalue weighted by Gasteiger charge is -2.12. The summed E-state index contributed by atoms with van der Waals surface area (Å²) in [6.07, 6.45) is 0. The van der Waals surface area contributed by atoms with Crippen LogP contribution in [0.4, 0.5) is 0 Å². The minimum Gasteiger partial charge on any atom is -0.309 e. The molecule has 0 amide bonds. The minimum absolute atomic E-state index is 1.15. The summed E-state index contributed by atoms with van der Waals surface area (Å²) in [5.41, 5.74) is 14.4. The summed E-state index contributed by atoms with van der Waals surface area (Å²) >= 11 is 0. The Morgan fingerprint density at radius 3 is 1.48 bits per heavy atom. The Hall–Kier alpha value is -6.64. The molecule has 0 atom stereocenters. The molecule has 8 aromatic carbocycles. The first kappa shape index (κ1) is 28.4. The number of para-hydroxylation sites is 1. The van der Waals surface area contributed by atoms with E-state index in [1.165, 1.54) is 77.0 Å². The highest BCUT2D eigenvalue weighted by Gasteiger charge is 2.21. The van der Waals surface area contributed by atoms with Gasteiger partial charge in [-0.05, 0) is 81.9 Å². The van der Waals surface area contributed by atoms with Gasteiger partial charge in [0.15, 0.2) is 0 Å². The molecule has 0 saturated carbocycles. The van der Waals surface area contributed by atoms with Crippen molar-refractivity contribution in [3.8, 4) is 44.8 Å². The third kappa shape index (κ3) is 4.50. The van der Waals surface area contributed by atoms with Gasteiger partial charge < -0.3 is 9.13 Å². The third-order valence-corrected chi connectivity index (χ3v) is 10.1. The number of nitrogens with zero attached hydrogens (tertiary/aromatic N) is 2. The molecule has 2 heteroatoms. The van der Waals surface area contributed by atoms with Gasteiger partial charge in [-0.2, -0.15) is 0 Å². The second-order valence-corrected chi connectivity index (χ2v) is 13.0. The summed E-state index contributed by atoms with van der Waals surface area (Å²) in [5, 5.41) is 5.00. The molecule has 0 spiro atoms. The fourth-order valence-corrected chi connectivity index (χ4v) is 7.81. The molecule has 50 heavy (non-hydrogen) atoms. The molecule has 0 aliphatic rings. The summed E-state index contributed by atoms with van der Waals surface area (Å²) in [5.74, 6) is 0. The molecule has 10 aromatic rings. The fraction of sp³-hybridized carbons (Fsp3) is 0. The molecule has 10 rings (SSSR count). The van der Waals surface area contributed by atoms with E-state index in [2.05, 4.69) is 203 Å². The van der Waals surface area contributed by atoms with Gasteiger partial charge in [0.2, 0.25) is 0 Å². The Labute approximate surface area is 290 Å². The first-order chi connectivity index (χ1) is 24.8. The Bertz CT molecular complexity index is 2820. The van der Waals surface area contributed by atoms with Crippen molar-refractivity contribution in [3.63, 3.8) is 0 Å². The van der Waals surface area contributed by atoms with Gasteiger partial charge in [0.05, 0.1) is 22.1 Å². The van der Waals surface area contributed by atoms with E-state index in [0.29, 0.717) is 0 Å². The van der Waals surface area contributed by atoms with Gasteiger partial charge in [0, 0.05) is 32.9 Å². The van der Waals surface area contributed by atoms with E-state index in [1.807, 2.05) is 0 Å². The normalized spacial score (nSPS) is 11.6. The van der Waals surface area contributed by atoms with Crippen LogP contribution in [0.15, 0.2) is 194 Å². The summed E-state index contributed by atoms with van der Waals surface area (Å²) in [6.45, 7) is 0. The van der Waals surface area contributed by atoms with Crippen molar-refractivity contribution in [1.82, 2.24) is 9.13 Å². The van der Waals surface area contributed by atoms with E-state index >= 15 is 0 Å². The average Bonchev–Trinajstić information content (AvgIpc) is 3.71. The van der Waals surface area contributed by atoms with E-state index in [0.717, 1.165) is 11.4 Å². The third-order valence-electron chi connectivity index (χ3n) is 10.1. The van der Waals surface area contributed by atoms with E-state index in [-0.39, 0.29) is 0 Å². The zero-order valence-corrected chi connectivity index (χ0v) is 27.4. The van der Waals surface area contributed by atoms with Gasteiger partial charge in [0.1, 0.15) is 0 Å². The second-order valence-electron chi connectivity index (χ2n) is 13.0. The SMILES string of the molecule is c1ccc(-c2ccc(-n3c4ccccc4c4ccc5c(c6cc(-c7ccccc7)ccc6n5-c5cccc(-c6ccccc6)c5)c43)cc2)cc1. The van der Waals surface area contributed by atoms with Crippen LogP contribution in [0, 0.1) is 0 Å². The summed E-state index contributed by atoms with van der Waals surface area (Å²) < 4.78 is 4.92. The highest BCUT2D eigenvalue weighted by atomic mass is 15.0. The van der Waals surface area contributed by atoms with Crippen molar-refractivity contribution in [3.05, 3.63) is 194 Å². The van der Waals surface area contributed by atoms with Crippen molar-refractivity contribution in [1.29, 1.82) is 0 Å². The number of hydrogen-bond donors (Lipinski definition) is 0. The van der Waals surface area contributed by atoms with Gasteiger partial charge >= 0.3 is 0 Å². The predicted octanol–water partition coefficient (Wildman–Crippen LogP) is 12.9. The number of aromatic nitrogens is 2. The molecule has 0 unspecified atom stereocenters. The van der Waals surface area contributed by atoms with Crippen LogP contribution in [0.25, 0.3) is 88.4 Å². The molecule has 2 aromatic heterocycles. The van der Waals surface area contributed by atoms with E-state index in [9.17, 15) is 0 Å². The van der Waals surface area contributed by atoms with Crippen molar-refractivity contribution < 1.29 is 0 Å². The van der Waals surface area contributed by atoms with Gasteiger partial charge in [-0.3, -0.25) is 0 Å². The first-order valence-electron chi connectivity index (χ1n) is 17.2. The van der Waals surface area contributed by atoms with Gasteiger partial charge in [-0.25, -0.2) is 0 Å². The van der Waals surface area contributed by atoms with Crippen molar-refractivity contribution in [2.24, 2.45) is 0 Å². The summed E-state index contributed by atoms with van der Waals surface area (Å²) in [4.78, 5) is 0. The quantitative estimate of drug-likeness (QED) is 0.178. The highest BCUT2D eigenvalue weighted by Crippen LogP contribution is 2.43. The minimum atomic E-state index is 1.15. The lowest BCUT2D eigenvalue weighted by Crippen LogP contribution is -1.96. The number of benzene rings is 8. The largest absolute Gasteiger partial charge is 0.309 e. The monoisotopic (exact) mass is 636 g/mol. The molecule has 0 bridgehead atoms. The highest BCUT2D eigenvalue weighted by molar-refractivity contribution is 6.26. The van der Waals surface area contributed by atoms with Crippen molar-refractivity contribution >= 4 is 43.6 Å². The summed E-state index contributed by atoms with van der Waals surface area (Å²) in [7, 11) is 0. The molecule has 0 aliphatic heterocycles. The van der Waals surface area contributed by atoms with Crippen LogP contribution in [0.5, 0.6) is 0 Å². The zero-order valence-electron chi connectivity index (χ0n) is 27.4. The van der Waals surface area contributed by atoms with Crippen LogP contribution in [0.2, 0.25) is 0 Å². The van der Waals surface area contributed by atoms with Gasteiger partial charge in [-0.1, -0.05) is 146 Å². The van der Waals surface area contributed by atoms with E-state index in [4.69, 9.17) is 0 Å². The number of hydrogen-bond acceptors (Lipinski definition) is 0. The lowest BCUT2D eigenvalue weighted by molar-refractivity contribution is 1.17. The molecule has 0 saturated heterocycles. The second kappa shape index (κ2) is 11.5. The smallest absolute Gasteiger partial charge is 0.0641 e. The Morgan fingerprint density at radius 1 is 0.260 bits per heavy atom. The van der Waals surface area contributed by atoms with Gasteiger partial charge in [-0.15, -0.1) is 0 Å². The lowest BCUT2D eigenvalue weighted by atomic mass is 10.0.